The van der Waals surface area contributed by atoms with Gasteiger partial charge in [0.05, 0.1) is 13.2 Å². The molecule has 6 nitrogen and oxygen atoms in total. The third kappa shape index (κ3) is 4.95. The number of rotatable bonds is 5. The molecule has 0 radical (unpaired) electrons. The van der Waals surface area contributed by atoms with Gasteiger partial charge in [0.15, 0.2) is 0 Å². The zero-order valence-corrected chi connectivity index (χ0v) is 13.4. The summed E-state index contributed by atoms with van der Waals surface area (Å²) in [6.45, 7) is 0.909. The van der Waals surface area contributed by atoms with Crippen LogP contribution in [-0.2, 0) is 14.3 Å². The van der Waals surface area contributed by atoms with Gasteiger partial charge in [-0.25, -0.2) is 0 Å². The van der Waals surface area contributed by atoms with E-state index in [1.807, 2.05) is 4.90 Å². The van der Waals surface area contributed by atoms with Crippen molar-refractivity contribution in [2.75, 3.05) is 20.2 Å². The van der Waals surface area contributed by atoms with E-state index in [1.54, 1.807) is 0 Å². The molecule has 2 atom stereocenters. The average molecular weight is 312 g/mol. The highest BCUT2D eigenvalue weighted by atomic mass is 16.5. The van der Waals surface area contributed by atoms with Crippen molar-refractivity contribution in [1.29, 1.82) is 0 Å². The summed E-state index contributed by atoms with van der Waals surface area (Å²) in [5, 5.41) is 12.8. The van der Waals surface area contributed by atoms with Gasteiger partial charge in [-0.15, -0.1) is 0 Å². The number of nitrogens with one attached hydrogen (secondary N) is 1. The Bertz CT molecular complexity index is 380. The minimum Gasteiger partial charge on any atom is -0.468 e. The van der Waals surface area contributed by atoms with Gasteiger partial charge in [0.2, 0.25) is 5.91 Å². The van der Waals surface area contributed by atoms with Crippen molar-refractivity contribution in [3.63, 3.8) is 0 Å². The number of aliphatic hydroxyl groups is 1. The highest BCUT2D eigenvalue weighted by molar-refractivity contribution is 5.77. The molecule has 1 aliphatic carbocycles. The SMILES string of the molecule is COC(=O)[C@@H]1C[C@@H](O)CN1CCC(=O)NC1CCCCCC1. The molecule has 2 rings (SSSR count). The zero-order chi connectivity index (χ0) is 15.9. The van der Waals surface area contributed by atoms with E-state index >= 15 is 0 Å². The minimum absolute atomic E-state index is 0.0388. The smallest absolute Gasteiger partial charge is 0.323 e. The van der Waals surface area contributed by atoms with Crippen molar-refractivity contribution in [2.45, 2.75) is 69.6 Å². The van der Waals surface area contributed by atoms with E-state index in [0.29, 0.717) is 32.0 Å². The Labute approximate surface area is 132 Å². The number of hydrogen-bond acceptors (Lipinski definition) is 5. The highest BCUT2D eigenvalue weighted by Crippen LogP contribution is 2.20. The third-order valence-corrected chi connectivity index (χ3v) is 4.70. The molecule has 0 spiro atoms. The quantitative estimate of drug-likeness (QED) is 0.580. The number of β-amino-alcohol motifs (C(OH)–C–C–N with tert-alkyl or cyclic N) is 1. The first-order chi connectivity index (χ1) is 10.6. The van der Waals surface area contributed by atoms with E-state index in [0.717, 1.165) is 12.8 Å². The molecule has 1 saturated carbocycles. The van der Waals surface area contributed by atoms with Crippen LogP contribution in [0.25, 0.3) is 0 Å². The van der Waals surface area contributed by atoms with Crippen LogP contribution in [-0.4, -0.2) is 60.3 Å². The van der Waals surface area contributed by atoms with Gasteiger partial charge in [-0.1, -0.05) is 25.7 Å². The lowest BCUT2D eigenvalue weighted by atomic mass is 10.1. The van der Waals surface area contributed by atoms with Crippen LogP contribution in [0.3, 0.4) is 0 Å². The van der Waals surface area contributed by atoms with Gasteiger partial charge < -0.3 is 15.2 Å². The molecular formula is C16H28N2O4. The molecule has 1 heterocycles. The van der Waals surface area contributed by atoms with Gasteiger partial charge in [0.25, 0.3) is 0 Å². The maximum Gasteiger partial charge on any atom is 0.323 e. The standard InChI is InChI=1S/C16H28N2O4/c1-22-16(21)14-10-13(19)11-18(14)9-8-15(20)17-12-6-4-2-3-5-7-12/h12-14,19H,2-11H2,1H3,(H,17,20)/t13-,14+/m1/s1. The zero-order valence-electron chi connectivity index (χ0n) is 13.4. The van der Waals surface area contributed by atoms with Crippen LogP contribution < -0.4 is 5.32 Å². The Morgan fingerprint density at radius 1 is 1.23 bits per heavy atom. The first kappa shape index (κ1) is 17.2. The molecule has 2 N–H and O–H groups in total. The summed E-state index contributed by atoms with van der Waals surface area (Å²) in [6, 6.07) is -0.124. The second-order valence-electron chi connectivity index (χ2n) is 6.43. The molecule has 0 aromatic heterocycles. The van der Waals surface area contributed by atoms with Gasteiger partial charge in [-0.3, -0.25) is 14.5 Å². The Morgan fingerprint density at radius 2 is 1.91 bits per heavy atom. The number of carbonyl (C=O) groups is 2. The summed E-state index contributed by atoms with van der Waals surface area (Å²) in [5.41, 5.74) is 0. The molecule has 0 aromatic carbocycles. The normalized spacial score (nSPS) is 27.4. The fraction of sp³-hybridized carbons (Fsp3) is 0.875. The van der Waals surface area contributed by atoms with Gasteiger partial charge in [-0.2, -0.15) is 0 Å². The second-order valence-corrected chi connectivity index (χ2v) is 6.43. The monoisotopic (exact) mass is 312 g/mol. The Hall–Kier alpha value is -1.14. The van der Waals surface area contributed by atoms with Gasteiger partial charge in [-0.05, 0) is 12.8 Å². The summed E-state index contributed by atoms with van der Waals surface area (Å²) in [7, 11) is 1.35. The van der Waals surface area contributed by atoms with Crippen LogP contribution in [0, 0.1) is 0 Å². The molecule has 2 aliphatic rings. The summed E-state index contributed by atoms with van der Waals surface area (Å²) < 4.78 is 4.76. The van der Waals surface area contributed by atoms with E-state index in [2.05, 4.69) is 5.32 Å². The molecule has 0 unspecified atom stereocenters. The first-order valence-corrected chi connectivity index (χ1v) is 8.39. The van der Waals surface area contributed by atoms with Crippen molar-refractivity contribution in [3.8, 4) is 0 Å². The summed E-state index contributed by atoms with van der Waals surface area (Å²) in [6.07, 6.45) is 7.26. The van der Waals surface area contributed by atoms with E-state index in [1.165, 1.54) is 32.8 Å². The van der Waals surface area contributed by atoms with Crippen LogP contribution in [0.5, 0.6) is 0 Å². The number of hydrogen-bond donors (Lipinski definition) is 2. The maximum atomic E-state index is 12.1. The Balaban J connectivity index is 1.75. The van der Waals surface area contributed by atoms with Crippen LogP contribution in [0.1, 0.15) is 51.4 Å². The number of carbonyl (C=O) groups excluding carboxylic acids is 2. The maximum absolute atomic E-state index is 12.1. The molecule has 6 heteroatoms. The molecule has 1 aliphatic heterocycles. The fourth-order valence-corrected chi connectivity index (χ4v) is 3.48. The number of likely N-dealkylation sites (tertiary alicyclic amines) is 1. The summed E-state index contributed by atoms with van der Waals surface area (Å²) >= 11 is 0. The predicted octanol–water partition coefficient (Wildman–Crippen LogP) is 0.824. The number of esters is 1. The lowest BCUT2D eigenvalue weighted by Gasteiger charge is -2.22. The van der Waals surface area contributed by atoms with Crippen LogP contribution in [0.4, 0.5) is 0 Å². The van der Waals surface area contributed by atoms with Crippen LogP contribution in [0.15, 0.2) is 0 Å². The fourth-order valence-electron chi connectivity index (χ4n) is 3.48. The van der Waals surface area contributed by atoms with E-state index in [-0.39, 0.29) is 11.9 Å². The van der Waals surface area contributed by atoms with E-state index in [9.17, 15) is 14.7 Å². The van der Waals surface area contributed by atoms with Crippen molar-refractivity contribution in [2.24, 2.45) is 0 Å². The summed E-state index contributed by atoms with van der Waals surface area (Å²) in [4.78, 5) is 25.6. The molecule has 1 saturated heterocycles. The van der Waals surface area contributed by atoms with Crippen LogP contribution >= 0.6 is 0 Å². The minimum atomic E-state index is -0.519. The molecule has 1 amide bonds. The predicted molar refractivity (Wildman–Crippen MR) is 82.3 cm³/mol. The van der Waals surface area contributed by atoms with Gasteiger partial charge in [0, 0.05) is 32.0 Å². The lowest BCUT2D eigenvalue weighted by Crippen LogP contribution is -2.41. The van der Waals surface area contributed by atoms with E-state index in [4.69, 9.17) is 4.74 Å². The number of ether oxygens (including phenoxy) is 1. The molecular weight excluding hydrogens is 284 g/mol. The molecule has 126 valence electrons. The first-order valence-electron chi connectivity index (χ1n) is 8.39. The second kappa shape index (κ2) is 8.48. The van der Waals surface area contributed by atoms with E-state index < -0.39 is 12.1 Å². The molecule has 0 aromatic rings. The summed E-state index contributed by atoms with van der Waals surface area (Å²) in [5.74, 6) is -0.294. The topological polar surface area (TPSA) is 78.9 Å². The molecule has 0 bridgehead atoms. The van der Waals surface area contributed by atoms with Crippen molar-refractivity contribution >= 4 is 11.9 Å². The van der Waals surface area contributed by atoms with Crippen molar-refractivity contribution in [3.05, 3.63) is 0 Å². The number of amides is 1. The van der Waals surface area contributed by atoms with Crippen LogP contribution in [0.2, 0.25) is 0 Å². The van der Waals surface area contributed by atoms with Crippen molar-refractivity contribution in [1.82, 2.24) is 10.2 Å². The van der Waals surface area contributed by atoms with Crippen molar-refractivity contribution < 1.29 is 19.4 Å². The number of aliphatic hydroxyl groups excluding tert-OH is 1. The Kier molecular flexibility index (Phi) is 6.64. The highest BCUT2D eigenvalue weighted by Gasteiger charge is 2.36. The van der Waals surface area contributed by atoms with Gasteiger partial charge >= 0.3 is 5.97 Å². The number of nitrogens with zero attached hydrogens (tertiary/aromatic N) is 1. The largest absolute Gasteiger partial charge is 0.468 e. The molecule has 2 fully saturated rings. The third-order valence-electron chi connectivity index (χ3n) is 4.70. The lowest BCUT2D eigenvalue weighted by molar-refractivity contribution is -0.146. The average Bonchev–Trinajstić information content (AvgIpc) is 2.70. The number of methoxy groups -OCH3 is 1. The van der Waals surface area contributed by atoms with Gasteiger partial charge in [0.1, 0.15) is 6.04 Å². The molecule has 22 heavy (non-hydrogen) atoms. The Morgan fingerprint density at radius 3 is 2.55 bits per heavy atom.